The van der Waals surface area contributed by atoms with Gasteiger partial charge in [0.25, 0.3) is 0 Å². The van der Waals surface area contributed by atoms with Crippen LogP contribution in [0.1, 0.15) is 81.5 Å². The molecule has 45 heavy (non-hydrogen) atoms. The van der Waals surface area contributed by atoms with Gasteiger partial charge >= 0.3 is 6.09 Å². The highest BCUT2D eigenvalue weighted by atomic mass is 16.6. The summed E-state index contributed by atoms with van der Waals surface area (Å²) < 4.78 is 22.0. The Balaban J connectivity index is 1.70. The number of hydrogen-bond donors (Lipinski definition) is 0. The summed E-state index contributed by atoms with van der Waals surface area (Å²) >= 11 is 0. The lowest BCUT2D eigenvalue weighted by Gasteiger charge is -2.26. The molecule has 0 bridgehead atoms. The second-order valence-electron chi connectivity index (χ2n) is 12.5. The summed E-state index contributed by atoms with van der Waals surface area (Å²) in [6, 6.07) is 15.1. The molecule has 0 radical (unpaired) electrons. The highest BCUT2D eigenvalue weighted by Crippen LogP contribution is 2.31. The van der Waals surface area contributed by atoms with Crippen molar-refractivity contribution in [1.82, 2.24) is 4.90 Å². The normalized spacial score (nSPS) is 17.1. The fraction of sp³-hybridized carbons (Fsp3) is 0.541. The molecule has 0 N–H and O–H groups in total. The van der Waals surface area contributed by atoms with Crippen LogP contribution in [0.25, 0.3) is 0 Å². The van der Waals surface area contributed by atoms with Crippen LogP contribution in [0.5, 0.6) is 5.75 Å². The zero-order valence-corrected chi connectivity index (χ0v) is 28.0. The zero-order chi connectivity index (χ0) is 32.9. The number of cyclic esters (lactones) is 1. The van der Waals surface area contributed by atoms with E-state index in [1.165, 1.54) is 4.90 Å². The second-order valence-corrected chi connectivity index (χ2v) is 12.5. The molecule has 0 aliphatic carbocycles. The van der Waals surface area contributed by atoms with Gasteiger partial charge in [0.05, 0.1) is 18.8 Å². The van der Waals surface area contributed by atoms with Crippen molar-refractivity contribution in [2.24, 2.45) is 23.7 Å². The van der Waals surface area contributed by atoms with Gasteiger partial charge in [-0.2, -0.15) is 0 Å². The number of imide groups is 1. The summed E-state index contributed by atoms with van der Waals surface area (Å²) in [6.45, 7) is 11.3. The Morgan fingerprint density at radius 3 is 2.22 bits per heavy atom. The molecule has 1 heterocycles. The standard InChI is InChI=1S/C37H51NO7/c1-25(2)31(35(39)29-18-19-33(27(5)43-7)34(23-29)44-21-13-20-42-6)16-11-12-17-32(26(3)4)36(40)38-30(24-45-37(38)41)22-28-14-9-8-10-15-28/h8-12,14-15,18-19,23,25-27,30-32H,13,16-17,20-22,24H2,1-7H3. The monoisotopic (exact) mass is 621 g/mol. The van der Waals surface area contributed by atoms with Crippen molar-refractivity contribution in [3.8, 4) is 5.75 Å². The van der Waals surface area contributed by atoms with Crippen molar-refractivity contribution >= 4 is 17.8 Å². The first-order valence-corrected chi connectivity index (χ1v) is 16.1. The number of Topliss-reactive ketones (excluding diaryl/α,β-unsaturated/α-hetero) is 1. The van der Waals surface area contributed by atoms with Crippen LogP contribution in [0.2, 0.25) is 0 Å². The van der Waals surface area contributed by atoms with E-state index in [2.05, 4.69) is 0 Å². The molecule has 0 spiro atoms. The Hall–Kier alpha value is -3.49. The van der Waals surface area contributed by atoms with Crippen LogP contribution in [0.15, 0.2) is 60.7 Å². The maximum atomic E-state index is 13.8. The van der Waals surface area contributed by atoms with Crippen LogP contribution < -0.4 is 4.74 Å². The Bertz CT molecular complexity index is 1270. The van der Waals surface area contributed by atoms with Crippen molar-refractivity contribution in [1.29, 1.82) is 0 Å². The maximum absolute atomic E-state index is 13.8. The van der Waals surface area contributed by atoms with Gasteiger partial charge in [-0.1, -0.05) is 82.3 Å². The SMILES string of the molecule is COCCCOc1cc(C(=O)C(CC=CCC(C(=O)N2C(=O)OCC2Cc2ccccc2)C(C)C)C(C)C)ccc1C(C)OC. The molecule has 246 valence electrons. The highest BCUT2D eigenvalue weighted by Gasteiger charge is 2.41. The Morgan fingerprint density at radius 1 is 0.933 bits per heavy atom. The van der Waals surface area contributed by atoms with Crippen LogP contribution in [-0.2, 0) is 25.4 Å². The smallest absolute Gasteiger partial charge is 0.416 e. The molecule has 4 atom stereocenters. The van der Waals surface area contributed by atoms with Gasteiger partial charge in [-0.15, -0.1) is 0 Å². The number of hydrogen-bond acceptors (Lipinski definition) is 7. The average Bonchev–Trinajstić information content (AvgIpc) is 3.39. The Kier molecular flexibility index (Phi) is 14.3. The van der Waals surface area contributed by atoms with Gasteiger partial charge in [-0.05, 0) is 49.7 Å². The number of carbonyl (C=O) groups is 3. The molecule has 8 nitrogen and oxygen atoms in total. The van der Waals surface area contributed by atoms with E-state index in [-0.39, 0.29) is 54.1 Å². The van der Waals surface area contributed by atoms with E-state index in [0.717, 1.165) is 17.5 Å². The molecule has 2 amide bonds. The van der Waals surface area contributed by atoms with Crippen LogP contribution in [-0.4, -0.2) is 62.8 Å². The number of ketones is 1. The van der Waals surface area contributed by atoms with E-state index in [0.29, 0.717) is 43.8 Å². The second kappa shape index (κ2) is 17.9. The molecule has 1 fully saturated rings. The van der Waals surface area contributed by atoms with E-state index in [1.54, 1.807) is 14.2 Å². The lowest BCUT2D eigenvalue weighted by Crippen LogP contribution is -2.44. The van der Waals surface area contributed by atoms with Gasteiger partial charge in [0.1, 0.15) is 12.4 Å². The molecule has 1 saturated heterocycles. The molecule has 2 aromatic carbocycles. The number of ether oxygens (including phenoxy) is 4. The minimum absolute atomic E-state index is 0.0192. The summed E-state index contributed by atoms with van der Waals surface area (Å²) in [4.78, 5) is 41.4. The quantitative estimate of drug-likeness (QED) is 0.0969. The van der Waals surface area contributed by atoms with Gasteiger partial charge in [0.15, 0.2) is 5.78 Å². The third-order valence-corrected chi connectivity index (χ3v) is 8.56. The Morgan fingerprint density at radius 2 is 1.60 bits per heavy atom. The number of carbonyl (C=O) groups excluding carboxylic acids is 3. The predicted octanol–water partition coefficient (Wildman–Crippen LogP) is 7.46. The van der Waals surface area contributed by atoms with Gasteiger partial charge in [0.2, 0.25) is 5.91 Å². The van der Waals surface area contributed by atoms with E-state index in [9.17, 15) is 14.4 Å². The topological polar surface area (TPSA) is 91.4 Å². The summed E-state index contributed by atoms with van der Waals surface area (Å²) in [7, 11) is 3.31. The van der Waals surface area contributed by atoms with Crippen molar-refractivity contribution in [3.05, 3.63) is 77.4 Å². The first-order chi connectivity index (χ1) is 21.6. The number of methoxy groups -OCH3 is 2. The highest BCUT2D eigenvalue weighted by molar-refractivity contribution is 5.98. The molecular weight excluding hydrogens is 570 g/mol. The lowest BCUT2D eigenvalue weighted by molar-refractivity contribution is -0.134. The summed E-state index contributed by atoms with van der Waals surface area (Å²) in [5.74, 6) is -0.0197. The average molecular weight is 622 g/mol. The third-order valence-electron chi connectivity index (χ3n) is 8.56. The van der Waals surface area contributed by atoms with Crippen LogP contribution in [0.4, 0.5) is 4.79 Å². The van der Waals surface area contributed by atoms with E-state index < -0.39 is 6.09 Å². The largest absolute Gasteiger partial charge is 0.493 e. The third kappa shape index (κ3) is 10.00. The lowest BCUT2D eigenvalue weighted by atomic mass is 9.84. The predicted molar refractivity (Wildman–Crippen MR) is 175 cm³/mol. The van der Waals surface area contributed by atoms with E-state index >= 15 is 0 Å². The summed E-state index contributed by atoms with van der Waals surface area (Å²) in [5.41, 5.74) is 2.55. The van der Waals surface area contributed by atoms with Crippen LogP contribution >= 0.6 is 0 Å². The van der Waals surface area contributed by atoms with Gasteiger partial charge in [0, 0.05) is 50.2 Å². The molecule has 0 aromatic heterocycles. The molecule has 3 rings (SSSR count). The molecule has 8 heteroatoms. The number of nitrogens with zero attached hydrogens (tertiary/aromatic N) is 1. The molecule has 1 aliphatic heterocycles. The van der Waals surface area contributed by atoms with Gasteiger partial charge in [-0.3, -0.25) is 9.59 Å². The maximum Gasteiger partial charge on any atom is 0.416 e. The fourth-order valence-corrected chi connectivity index (χ4v) is 5.65. The van der Waals surface area contributed by atoms with Crippen LogP contribution in [0, 0.1) is 23.7 Å². The molecule has 4 unspecified atom stereocenters. The van der Waals surface area contributed by atoms with Crippen molar-refractivity contribution in [3.63, 3.8) is 0 Å². The first-order valence-electron chi connectivity index (χ1n) is 16.1. The summed E-state index contributed by atoms with van der Waals surface area (Å²) in [6.07, 6.45) is 5.53. The molecule has 1 aliphatic rings. The van der Waals surface area contributed by atoms with E-state index in [1.807, 2.05) is 95.3 Å². The number of amides is 2. The van der Waals surface area contributed by atoms with Gasteiger partial charge in [-0.25, -0.2) is 9.69 Å². The number of benzene rings is 2. The molecule has 0 saturated carbocycles. The minimum atomic E-state index is -0.575. The van der Waals surface area contributed by atoms with Crippen molar-refractivity contribution < 1.29 is 33.3 Å². The number of allylic oxidation sites excluding steroid dienone is 2. The molecular formula is C37H51NO7. The van der Waals surface area contributed by atoms with Gasteiger partial charge < -0.3 is 18.9 Å². The molecule has 2 aromatic rings. The van der Waals surface area contributed by atoms with Crippen molar-refractivity contribution in [2.75, 3.05) is 34.0 Å². The fourth-order valence-electron chi connectivity index (χ4n) is 5.65. The van der Waals surface area contributed by atoms with Crippen molar-refractivity contribution in [2.45, 2.75) is 72.4 Å². The summed E-state index contributed by atoms with van der Waals surface area (Å²) in [5, 5.41) is 0. The van der Waals surface area contributed by atoms with Crippen LogP contribution in [0.3, 0.4) is 0 Å². The first kappa shape index (κ1) is 36.0. The zero-order valence-electron chi connectivity index (χ0n) is 28.0. The van der Waals surface area contributed by atoms with E-state index in [4.69, 9.17) is 18.9 Å². The Labute approximate surface area is 269 Å². The minimum Gasteiger partial charge on any atom is -0.493 e. The number of rotatable bonds is 18.